The van der Waals surface area contributed by atoms with Gasteiger partial charge in [-0.05, 0) is 58.1 Å². The second-order valence-corrected chi connectivity index (χ2v) is 9.44. The van der Waals surface area contributed by atoms with Gasteiger partial charge in [0.1, 0.15) is 11.6 Å². The number of benzene rings is 1. The van der Waals surface area contributed by atoms with Crippen LogP contribution in [-0.2, 0) is 9.53 Å². The first kappa shape index (κ1) is 22.1. The number of carbonyl (C=O) groups is 2. The van der Waals surface area contributed by atoms with E-state index in [-0.39, 0.29) is 11.9 Å². The van der Waals surface area contributed by atoms with Gasteiger partial charge < -0.3 is 9.64 Å². The molecule has 0 spiro atoms. The number of fused-ring (bicyclic) bond motifs is 1. The topological polar surface area (TPSA) is 59.0 Å². The number of amides is 1. The Morgan fingerprint density at radius 2 is 1.82 bits per heavy atom. The number of hydrogen-bond donors (Lipinski definition) is 0. The minimum Gasteiger partial charge on any atom is -0.456 e. The van der Waals surface area contributed by atoms with Crippen molar-refractivity contribution in [3.63, 3.8) is 0 Å². The number of carbonyl (C=O) groups excluding carboxylic acids is 2. The highest BCUT2D eigenvalue weighted by atomic mass is 16.6. The lowest BCUT2D eigenvalue weighted by atomic mass is 10.0. The maximum Gasteiger partial charge on any atom is 0.338 e. The molecular weight excluding hydrogens is 352 g/mol. The average molecular weight is 387 g/mol. The minimum absolute atomic E-state index is 0.00170. The second kappa shape index (κ2) is 8.46. The summed E-state index contributed by atoms with van der Waals surface area (Å²) in [6.45, 7) is 16.4. The lowest BCUT2D eigenvalue weighted by Crippen LogP contribution is -2.40. The van der Waals surface area contributed by atoms with Crippen LogP contribution in [0.3, 0.4) is 0 Å². The van der Waals surface area contributed by atoms with Crippen LogP contribution in [0.4, 0.5) is 5.69 Å². The molecule has 5 nitrogen and oxygen atoms in total. The molecule has 1 amide bonds. The smallest absolute Gasteiger partial charge is 0.338 e. The monoisotopic (exact) mass is 386 g/mol. The molecule has 1 aliphatic rings. The fourth-order valence-electron chi connectivity index (χ4n) is 3.34. The molecule has 0 fully saturated rings. The van der Waals surface area contributed by atoms with E-state index in [9.17, 15) is 9.59 Å². The van der Waals surface area contributed by atoms with Crippen molar-refractivity contribution in [3.8, 4) is 0 Å². The summed E-state index contributed by atoms with van der Waals surface area (Å²) in [6, 6.07) is 5.02. The van der Waals surface area contributed by atoms with Gasteiger partial charge in [0.15, 0.2) is 0 Å². The van der Waals surface area contributed by atoms with Crippen LogP contribution in [-0.4, -0.2) is 35.8 Å². The van der Waals surface area contributed by atoms with E-state index in [0.717, 1.165) is 17.0 Å². The predicted molar refractivity (Wildman–Crippen MR) is 114 cm³/mol. The average Bonchev–Trinajstić information content (AvgIpc) is 2.63. The molecule has 1 heterocycles. The van der Waals surface area contributed by atoms with Crippen LogP contribution in [0.2, 0.25) is 0 Å². The van der Waals surface area contributed by atoms with Crippen molar-refractivity contribution >= 4 is 23.3 Å². The van der Waals surface area contributed by atoms with Crippen molar-refractivity contribution in [1.82, 2.24) is 0 Å². The Hall–Kier alpha value is -2.17. The first-order valence-electron chi connectivity index (χ1n) is 10.1. The molecule has 0 N–H and O–H groups in total. The Kier molecular flexibility index (Phi) is 6.68. The predicted octanol–water partition coefficient (Wildman–Crippen LogP) is 4.87. The van der Waals surface area contributed by atoms with E-state index in [1.165, 1.54) is 0 Å². The summed E-state index contributed by atoms with van der Waals surface area (Å²) in [5.41, 5.74) is 2.35. The summed E-state index contributed by atoms with van der Waals surface area (Å²) in [7, 11) is 0. The standard InChI is InChI=1S/C23H34N2O3/c1-14(2)11-19-21(26)25(13-15(3)4)20-12-17(22(27)28-23(6,7)8)9-10-18(20)16(5)24-19/h9-10,12,14-15,19H,11,13H2,1-8H3/t19-/m1/s1. The van der Waals surface area contributed by atoms with Gasteiger partial charge in [-0.3, -0.25) is 9.79 Å². The van der Waals surface area contributed by atoms with Crippen LogP contribution in [0, 0.1) is 11.8 Å². The highest BCUT2D eigenvalue weighted by Gasteiger charge is 2.32. The maximum atomic E-state index is 13.3. The summed E-state index contributed by atoms with van der Waals surface area (Å²) < 4.78 is 5.52. The van der Waals surface area contributed by atoms with E-state index >= 15 is 0 Å². The van der Waals surface area contributed by atoms with Gasteiger partial charge in [-0.25, -0.2) is 4.79 Å². The molecule has 0 radical (unpaired) electrons. The summed E-state index contributed by atoms with van der Waals surface area (Å²) in [6.07, 6.45) is 0.706. The van der Waals surface area contributed by atoms with Gasteiger partial charge in [-0.1, -0.05) is 33.8 Å². The Morgan fingerprint density at radius 3 is 2.36 bits per heavy atom. The van der Waals surface area contributed by atoms with E-state index < -0.39 is 11.6 Å². The van der Waals surface area contributed by atoms with Crippen LogP contribution < -0.4 is 4.90 Å². The SMILES string of the molecule is CC1=N[C@H](CC(C)C)C(=O)N(CC(C)C)c2cc(C(=O)OC(C)(C)C)ccc21. The Morgan fingerprint density at radius 1 is 1.18 bits per heavy atom. The van der Waals surface area contributed by atoms with E-state index in [1.807, 2.05) is 33.8 Å². The molecule has 0 aliphatic carbocycles. The summed E-state index contributed by atoms with van der Waals surface area (Å²) in [4.78, 5) is 32.5. The van der Waals surface area contributed by atoms with E-state index in [0.29, 0.717) is 30.4 Å². The molecule has 0 bridgehead atoms. The van der Waals surface area contributed by atoms with Crippen molar-refractivity contribution in [2.75, 3.05) is 11.4 Å². The van der Waals surface area contributed by atoms with Gasteiger partial charge in [-0.15, -0.1) is 0 Å². The van der Waals surface area contributed by atoms with E-state index in [2.05, 4.69) is 27.7 Å². The zero-order valence-corrected chi connectivity index (χ0v) is 18.5. The van der Waals surface area contributed by atoms with Crippen molar-refractivity contribution in [3.05, 3.63) is 29.3 Å². The molecule has 1 aromatic carbocycles. The lowest BCUT2D eigenvalue weighted by Gasteiger charge is -2.28. The molecule has 28 heavy (non-hydrogen) atoms. The Bertz CT molecular complexity index is 773. The number of nitrogens with zero attached hydrogens (tertiary/aromatic N) is 2. The Balaban J connectivity index is 2.53. The van der Waals surface area contributed by atoms with Crippen LogP contribution in [0.5, 0.6) is 0 Å². The van der Waals surface area contributed by atoms with Crippen LogP contribution in [0.1, 0.15) is 77.7 Å². The first-order chi connectivity index (χ1) is 12.9. The highest BCUT2D eigenvalue weighted by Crippen LogP contribution is 2.30. The van der Waals surface area contributed by atoms with Gasteiger partial charge >= 0.3 is 5.97 Å². The highest BCUT2D eigenvalue weighted by molar-refractivity contribution is 6.12. The number of hydrogen-bond acceptors (Lipinski definition) is 4. The molecule has 0 aromatic heterocycles. The first-order valence-corrected chi connectivity index (χ1v) is 10.1. The molecule has 0 saturated heterocycles. The zero-order chi connectivity index (χ0) is 21.2. The fraction of sp³-hybridized carbons (Fsp3) is 0.609. The second-order valence-electron chi connectivity index (χ2n) is 9.44. The van der Waals surface area contributed by atoms with Crippen molar-refractivity contribution in [2.24, 2.45) is 16.8 Å². The third kappa shape index (κ3) is 5.43. The summed E-state index contributed by atoms with van der Waals surface area (Å²) in [5, 5.41) is 0. The Labute approximate surface area is 169 Å². The molecule has 2 rings (SSSR count). The number of ether oxygens (including phenoxy) is 1. The van der Waals surface area contributed by atoms with Gasteiger partial charge in [0.05, 0.1) is 11.3 Å². The van der Waals surface area contributed by atoms with Gasteiger partial charge in [0.2, 0.25) is 0 Å². The quantitative estimate of drug-likeness (QED) is 0.679. The normalized spacial score (nSPS) is 17.5. The number of esters is 1. The summed E-state index contributed by atoms with van der Waals surface area (Å²) in [5.74, 6) is 0.275. The third-order valence-electron chi connectivity index (χ3n) is 4.46. The van der Waals surface area contributed by atoms with Gasteiger partial charge in [0.25, 0.3) is 5.91 Å². The molecular formula is C23H34N2O3. The number of aliphatic imine (C=N–C) groups is 1. The van der Waals surface area contributed by atoms with Crippen LogP contribution in [0.15, 0.2) is 23.2 Å². The molecule has 1 aliphatic heterocycles. The number of rotatable bonds is 5. The third-order valence-corrected chi connectivity index (χ3v) is 4.46. The largest absolute Gasteiger partial charge is 0.456 e. The van der Waals surface area contributed by atoms with E-state index in [4.69, 9.17) is 9.73 Å². The van der Waals surface area contributed by atoms with Crippen molar-refractivity contribution in [1.29, 1.82) is 0 Å². The fourth-order valence-corrected chi connectivity index (χ4v) is 3.34. The lowest BCUT2D eigenvalue weighted by molar-refractivity contribution is -0.120. The van der Waals surface area contributed by atoms with E-state index in [1.54, 1.807) is 17.0 Å². The molecule has 1 atom stereocenters. The molecule has 1 aromatic rings. The summed E-state index contributed by atoms with van der Waals surface area (Å²) >= 11 is 0. The molecule has 5 heteroatoms. The van der Waals surface area contributed by atoms with Crippen molar-refractivity contribution in [2.45, 2.75) is 73.5 Å². The zero-order valence-electron chi connectivity index (χ0n) is 18.5. The van der Waals surface area contributed by atoms with Crippen LogP contribution in [0.25, 0.3) is 0 Å². The molecule has 0 saturated carbocycles. The number of anilines is 1. The molecule has 0 unspecified atom stereocenters. The van der Waals surface area contributed by atoms with Gasteiger partial charge in [0, 0.05) is 17.8 Å². The van der Waals surface area contributed by atoms with Crippen LogP contribution >= 0.6 is 0 Å². The van der Waals surface area contributed by atoms with Crippen molar-refractivity contribution < 1.29 is 14.3 Å². The maximum absolute atomic E-state index is 13.3. The number of benzodiazepines with no additional fused rings is 1. The van der Waals surface area contributed by atoms with Gasteiger partial charge in [-0.2, -0.15) is 0 Å². The molecule has 154 valence electrons. The minimum atomic E-state index is -0.572.